The van der Waals surface area contributed by atoms with Crippen molar-refractivity contribution < 1.29 is 9.94 Å². The summed E-state index contributed by atoms with van der Waals surface area (Å²) in [5.74, 6) is -0.221. The van der Waals surface area contributed by atoms with Gasteiger partial charge < -0.3 is 15.7 Å². The van der Waals surface area contributed by atoms with E-state index in [1.807, 2.05) is 60.7 Å². The number of amidine groups is 1. The van der Waals surface area contributed by atoms with Gasteiger partial charge in [-0.2, -0.15) is 0 Å². The average molecular weight is 270 g/mol. The second kappa shape index (κ2) is 6.73. The van der Waals surface area contributed by atoms with Gasteiger partial charge in [-0.15, -0.1) is 0 Å². The van der Waals surface area contributed by atoms with E-state index in [0.717, 1.165) is 11.1 Å². The van der Waals surface area contributed by atoms with Crippen molar-refractivity contribution in [1.29, 1.82) is 0 Å². The first-order valence-electron chi connectivity index (χ1n) is 6.38. The van der Waals surface area contributed by atoms with E-state index in [0.29, 0.717) is 0 Å². The third-order valence-electron chi connectivity index (χ3n) is 3.13. The van der Waals surface area contributed by atoms with Crippen LogP contribution < -0.4 is 5.73 Å². The number of benzene rings is 2. The fourth-order valence-corrected chi connectivity index (χ4v) is 2.21. The Morgan fingerprint density at radius 1 is 1.00 bits per heavy atom. The molecule has 1 unspecified atom stereocenters. The van der Waals surface area contributed by atoms with Gasteiger partial charge in [0.25, 0.3) is 0 Å². The third-order valence-corrected chi connectivity index (χ3v) is 3.13. The lowest BCUT2D eigenvalue weighted by Crippen LogP contribution is -2.35. The van der Waals surface area contributed by atoms with Crippen LogP contribution in [0.5, 0.6) is 0 Å². The molecule has 2 aromatic carbocycles. The summed E-state index contributed by atoms with van der Waals surface area (Å²) in [6.07, 6.45) is -0.945. The van der Waals surface area contributed by atoms with E-state index in [9.17, 15) is 5.11 Å². The predicted molar refractivity (Wildman–Crippen MR) is 79.4 cm³/mol. The van der Waals surface area contributed by atoms with Crippen molar-refractivity contribution in [3.8, 4) is 0 Å². The second-order valence-corrected chi connectivity index (χ2v) is 4.44. The molecule has 0 saturated heterocycles. The van der Waals surface area contributed by atoms with Gasteiger partial charge in [-0.3, -0.25) is 0 Å². The van der Waals surface area contributed by atoms with Crippen LogP contribution in [0, 0.1) is 0 Å². The molecule has 3 N–H and O–H groups in total. The topological polar surface area (TPSA) is 67.8 Å². The summed E-state index contributed by atoms with van der Waals surface area (Å²) in [6.45, 7) is 0. The summed E-state index contributed by atoms with van der Waals surface area (Å²) in [7, 11) is 1.40. The molecule has 0 fully saturated rings. The number of aliphatic hydroxyl groups is 1. The zero-order valence-corrected chi connectivity index (χ0v) is 11.3. The standard InChI is InChI=1S/C16H18N2O2/c1-20-18-16(17)15(19)14(12-8-4-2-5-9-12)13-10-6-3-7-11-13/h2-11,14-15,19H,1H3,(H2,17,18). The fraction of sp³-hybridized carbons (Fsp3) is 0.188. The highest BCUT2D eigenvalue weighted by Gasteiger charge is 2.26. The van der Waals surface area contributed by atoms with Crippen LogP contribution in [0.25, 0.3) is 0 Å². The Kier molecular flexibility index (Phi) is 4.74. The van der Waals surface area contributed by atoms with Gasteiger partial charge >= 0.3 is 0 Å². The van der Waals surface area contributed by atoms with Gasteiger partial charge in [-0.1, -0.05) is 65.8 Å². The molecule has 0 radical (unpaired) electrons. The lowest BCUT2D eigenvalue weighted by atomic mass is 9.86. The second-order valence-electron chi connectivity index (χ2n) is 4.44. The molecule has 2 aromatic rings. The van der Waals surface area contributed by atoms with Crippen molar-refractivity contribution >= 4 is 5.84 Å². The normalized spacial score (nSPS) is 13.2. The highest BCUT2D eigenvalue weighted by molar-refractivity contribution is 5.85. The molecule has 4 heteroatoms. The minimum absolute atomic E-state index is 0.0604. The van der Waals surface area contributed by atoms with Gasteiger partial charge in [0.05, 0.1) is 0 Å². The molecule has 0 aromatic heterocycles. The van der Waals surface area contributed by atoms with Gasteiger partial charge in [-0.25, -0.2) is 0 Å². The van der Waals surface area contributed by atoms with E-state index < -0.39 is 6.10 Å². The largest absolute Gasteiger partial charge is 0.398 e. The summed E-state index contributed by atoms with van der Waals surface area (Å²) < 4.78 is 0. The number of nitrogens with zero attached hydrogens (tertiary/aromatic N) is 1. The maximum Gasteiger partial charge on any atom is 0.169 e. The van der Waals surface area contributed by atoms with Gasteiger partial charge in [0.2, 0.25) is 0 Å². The predicted octanol–water partition coefficient (Wildman–Crippen LogP) is 2.10. The molecule has 0 spiro atoms. The van der Waals surface area contributed by atoms with Gasteiger partial charge in [0.15, 0.2) is 5.84 Å². The first-order valence-corrected chi connectivity index (χ1v) is 6.38. The van der Waals surface area contributed by atoms with Gasteiger partial charge in [0, 0.05) is 5.92 Å². The number of rotatable bonds is 5. The quantitative estimate of drug-likeness (QED) is 0.496. The van der Waals surface area contributed by atoms with E-state index in [4.69, 9.17) is 5.73 Å². The summed E-state index contributed by atoms with van der Waals surface area (Å²) in [5.41, 5.74) is 7.72. The molecular formula is C16H18N2O2. The monoisotopic (exact) mass is 270 g/mol. The number of nitrogens with two attached hydrogens (primary N) is 1. The van der Waals surface area contributed by atoms with Gasteiger partial charge in [0.1, 0.15) is 13.2 Å². The van der Waals surface area contributed by atoms with Crippen LogP contribution in [0.3, 0.4) is 0 Å². The summed E-state index contributed by atoms with van der Waals surface area (Å²) in [4.78, 5) is 4.65. The molecule has 0 aliphatic carbocycles. The fourth-order valence-electron chi connectivity index (χ4n) is 2.21. The zero-order valence-electron chi connectivity index (χ0n) is 11.3. The van der Waals surface area contributed by atoms with Crippen molar-refractivity contribution in [2.75, 3.05) is 7.11 Å². The van der Waals surface area contributed by atoms with Crippen LogP contribution in [0.1, 0.15) is 17.0 Å². The van der Waals surface area contributed by atoms with Crippen LogP contribution in [-0.2, 0) is 4.84 Å². The number of oxime groups is 1. The summed E-state index contributed by atoms with van der Waals surface area (Å²) >= 11 is 0. The number of aliphatic hydroxyl groups excluding tert-OH is 1. The molecule has 0 bridgehead atoms. The Hall–Kier alpha value is -2.33. The van der Waals surface area contributed by atoms with E-state index in [1.165, 1.54) is 7.11 Å². The lowest BCUT2D eigenvalue weighted by Gasteiger charge is -2.23. The van der Waals surface area contributed by atoms with Crippen LogP contribution in [0.15, 0.2) is 65.8 Å². The molecule has 0 aliphatic heterocycles. The van der Waals surface area contributed by atoms with Gasteiger partial charge in [-0.05, 0) is 11.1 Å². The van der Waals surface area contributed by atoms with Crippen LogP contribution in [-0.4, -0.2) is 24.2 Å². The lowest BCUT2D eigenvalue weighted by molar-refractivity contribution is 0.186. The Labute approximate surface area is 118 Å². The Bertz CT molecular complexity index is 516. The Morgan fingerprint density at radius 2 is 1.45 bits per heavy atom. The first-order chi connectivity index (χ1) is 9.74. The highest BCUT2D eigenvalue weighted by atomic mass is 16.6. The minimum atomic E-state index is -0.945. The van der Waals surface area contributed by atoms with Crippen molar-refractivity contribution in [3.63, 3.8) is 0 Å². The van der Waals surface area contributed by atoms with Crippen LogP contribution in [0.4, 0.5) is 0 Å². The number of hydrogen-bond acceptors (Lipinski definition) is 3. The smallest absolute Gasteiger partial charge is 0.169 e. The van der Waals surface area contributed by atoms with Crippen molar-refractivity contribution in [2.45, 2.75) is 12.0 Å². The maximum atomic E-state index is 10.5. The zero-order chi connectivity index (χ0) is 14.4. The first kappa shape index (κ1) is 14.1. The van der Waals surface area contributed by atoms with E-state index >= 15 is 0 Å². The van der Waals surface area contributed by atoms with E-state index in [-0.39, 0.29) is 11.8 Å². The summed E-state index contributed by atoms with van der Waals surface area (Å²) in [6, 6.07) is 19.4. The molecule has 0 heterocycles. The Balaban J connectivity index is 2.43. The SMILES string of the molecule is CO/N=C(\N)C(O)C(c1ccccc1)c1ccccc1. The van der Waals surface area contributed by atoms with E-state index in [2.05, 4.69) is 9.99 Å². The molecule has 104 valence electrons. The Morgan fingerprint density at radius 3 is 1.85 bits per heavy atom. The van der Waals surface area contributed by atoms with Crippen LogP contribution >= 0.6 is 0 Å². The molecule has 4 nitrogen and oxygen atoms in total. The molecule has 1 atom stereocenters. The molecule has 0 aliphatic rings. The average Bonchev–Trinajstić information content (AvgIpc) is 2.50. The third kappa shape index (κ3) is 3.16. The van der Waals surface area contributed by atoms with E-state index in [1.54, 1.807) is 0 Å². The molecule has 0 saturated carbocycles. The maximum absolute atomic E-state index is 10.5. The van der Waals surface area contributed by atoms with Crippen LogP contribution in [0.2, 0.25) is 0 Å². The van der Waals surface area contributed by atoms with Crippen molar-refractivity contribution in [2.24, 2.45) is 10.9 Å². The molecule has 20 heavy (non-hydrogen) atoms. The minimum Gasteiger partial charge on any atom is -0.398 e. The number of hydrogen-bond donors (Lipinski definition) is 2. The highest BCUT2D eigenvalue weighted by Crippen LogP contribution is 2.28. The van der Waals surface area contributed by atoms with Crippen molar-refractivity contribution in [1.82, 2.24) is 0 Å². The van der Waals surface area contributed by atoms with Crippen molar-refractivity contribution in [3.05, 3.63) is 71.8 Å². The molecule has 2 rings (SSSR count). The molecule has 0 amide bonds. The summed E-state index contributed by atoms with van der Waals surface area (Å²) in [5, 5.41) is 14.1. The molecular weight excluding hydrogens is 252 g/mol.